The lowest BCUT2D eigenvalue weighted by molar-refractivity contribution is -0.141. The second-order valence-corrected chi connectivity index (χ2v) is 14.1. The average Bonchev–Trinajstić information content (AvgIpc) is 3.22. The van der Waals surface area contributed by atoms with Crippen molar-refractivity contribution in [2.45, 2.75) is 54.8 Å². The van der Waals surface area contributed by atoms with Gasteiger partial charge in [-0.2, -0.15) is 17.5 Å². The number of thiophene rings is 1. The van der Waals surface area contributed by atoms with Crippen LogP contribution in [0.1, 0.15) is 43.2 Å². The highest BCUT2D eigenvalue weighted by molar-refractivity contribution is 7.89. The van der Waals surface area contributed by atoms with Gasteiger partial charge in [-0.05, 0) is 49.4 Å². The van der Waals surface area contributed by atoms with Gasteiger partial charge >= 0.3 is 6.18 Å². The van der Waals surface area contributed by atoms with E-state index < -0.39 is 38.4 Å². The van der Waals surface area contributed by atoms with Gasteiger partial charge in [-0.1, -0.05) is 47.3 Å². The first-order valence-electron chi connectivity index (χ1n) is 12.1. The maximum Gasteiger partial charge on any atom is 0.417 e. The number of sulfonamides is 1. The van der Waals surface area contributed by atoms with Crippen LogP contribution in [0.3, 0.4) is 0 Å². The zero-order valence-corrected chi connectivity index (χ0v) is 24.4. The number of alkyl halides is 3. The minimum atomic E-state index is -4.66. The van der Waals surface area contributed by atoms with Crippen molar-refractivity contribution < 1.29 is 36.2 Å². The Bertz CT molecular complexity index is 1310. The van der Waals surface area contributed by atoms with Gasteiger partial charge in [0.25, 0.3) is 0 Å². The summed E-state index contributed by atoms with van der Waals surface area (Å²) in [4.78, 5) is 14.2. The molecule has 1 amide bonds. The number of nitrogens with zero attached hydrogens (tertiary/aromatic N) is 2. The van der Waals surface area contributed by atoms with E-state index in [-0.39, 0.29) is 64.2 Å². The third-order valence-corrected chi connectivity index (χ3v) is 11.1. The van der Waals surface area contributed by atoms with Crippen molar-refractivity contribution in [3.05, 3.63) is 49.1 Å². The van der Waals surface area contributed by atoms with Crippen molar-refractivity contribution >= 4 is 62.1 Å². The van der Waals surface area contributed by atoms with Gasteiger partial charge in [-0.15, -0.1) is 11.3 Å². The predicted octanol–water partition coefficient (Wildman–Crippen LogP) is 5.80. The summed E-state index contributed by atoms with van der Waals surface area (Å²) < 4.78 is 73.5. The van der Waals surface area contributed by atoms with E-state index in [1.54, 1.807) is 0 Å². The molecule has 0 bridgehead atoms. The van der Waals surface area contributed by atoms with Crippen molar-refractivity contribution in [1.82, 2.24) is 9.21 Å². The van der Waals surface area contributed by atoms with Gasteiger partial charge < -0.3 is 14.7 Å². The van der Waals surface area contributed by atoms with Gasteiger partial charge in [0.1, 0.15) is 15.8 Å². The molecule has 1 aromatic carbocycles. The molecule has 4 rings (SSSR count). The van der Waals surface area contributed by atoms with E-state index in [1.165, 1.54) is 21.3 Å². The summed E-state index contributed by atoms with van der Waals surface area (Å²) in [7, 11) is -3.90. The highest BCUT2D eigenvalue weighted by Gasteiger charge is 2.40. The van der Waals surface area contributed by atoms with E-state index >= 15 is 0 Å². The van der Waals surface area contributed by atoms with Crippen molar-refractivity contribution in [2.75, 3.05) is 32.8 Å². The van der Waals surface area contributed by atoms with Gasteiger partial charge in [0.15, 0.2) is 0 Å². The van der Waals surface area contributed by atoms with Gasteiger partial charge in [-0.3, -0.25) is 4.79 Å². The number of carbonyl (C=O) groups excluding carboxylic acids is 1. The van der Waals surface area contributed by atoms with E-state index in [0.29, 0.717) is 19.4 Å². The number of likely N-dealkylation sites (tertiary alicyclic amines) is 1. The number of amides is 1. The maximum atomic E-state index is 13.3. The summed E-state index contributed by atoms with van der Waals surface area (Å²) in [6.07, 6.45) is -2.54. The Kier molecular flexibility index (Phi) is 9.49. The summed E-state index contributed by atoms with van der Waals surface area (Å²) in [5.74, 6) is -0.359. The Morgan fingerprint density at radius 2 is 1.82 bits per heavy atom. The Morgan fingerprint density at radius 3 is 2.44 bits per heavy atom. The first kappa shape index (κ1) is 30.8. The number of piperidine rings is 2. The molecule has 1 aromatic heterocycles. The third kappa shape index (κ3) is 6.86. The largest absolute Gasteiger partial charge is 0.417 e. The second kappa shape index (κ2) is 12.0. The zero-order valence-electron chi connectivity index (χ0n) is 20.5. The molecule has 0 radical (unpaired) electrons. The molecule has 0 saturated carbocycles. The lowest BCUT2D eigenvalue weighted by atomic mass is 9.83. The summed E-state index contributed by atoms with van der Waals surface area (Å²) in [5.41, 5.74) is -2.47. The lowest BCUT2D eigenvalue weighted by Crippen LogP contribution is -2.48. The molecule has 2 fully saturated rings. The topological polar surface area (TPSA) is 87.2 Å². The lowest BCUT2D eigenvalue weighted by Gasteiger charge is -2.39. The van der Waals surface area contributed by atoms with Crippen LogP contribution >= 0.6 is 46.1 Å². The minimum Gasteiger partial charge on any atom is -0.385 e. The van der Waals surface area contributed by atoms with Gasteiger partial charge in [0, 0.05) is 25.7 Å². The molecule has 1 N–H and O–H groups in total. The molecule has 2 saturated heterocycles. The van der Waals surface area contributed by atoms with Crippen LogP contribution in [0.4, 0.5) is 13.2 Å². The molecule has 2 aliphatic heterocycles. The van der Waals surface area contributed by atoms with E-state index in [4.69, 9.17) is 39.5 Å². The van der Waals surface area contributed by atoms with E-state index in [0.717, 1.165) is 29.9 Å². The quantitative estimate of drug-likeness (QED) is 0.410. The van der Waals surface area contributed by atoms with Crippen LogP contribution in [0.5, 0.6) is 0 Å². The average molecular weight is 650 g/mol. The van der Waals surface area contributed by atoms with Crippen molar-refractivity contribution in [2.24, 2.45) is 0 Å². The number of hydrogen-bond acceptors (Lipinski definition) is 6. The normalized spacial score (nSPS) is 20.8. The molecular weight excluding hydrogens is 624 g/mol. The van der Waals surface area contributed by atoms with E-state index in [9.17, 15) is 31.5 Å². The summed E-state index contributed by atoms with van der Waals surface area (Å²) >= 11 is 18.7. The standard InChI is InChI=1S/C24H26Cl3F3N2O5S2/c25-18-5-4-15(11-17(18)24(28,29)30)23(34)6-9-31(10-7-23)21(33)14-37-13-16-3-1-2-8-32(16)39(35,36)19-12-20(26)38-22(19)27/h4-5,11-12,16,34H,1-3,6-10,13-14H2. The number of ether oxygens (including phenoxy) is 1. The molecule has 2 aliphatic rings. The fraction of sp³-hybridized carbons (Fsp3) is 0.542. The van der Waals surface area contributed by atoms with Gasteiger partial charge in [-0.25, -0.2) is 8.42 Å². The molecule has 15 heteroatoms. The molecule has 1 unspecified atom stereocenters. The smallest absolute Gasteiger partial charge is 0.385 e. The van der Waals surface area contributed by atoms with Gasteiger partial charge in [0.2, 0.25) is 15.9 Å². The van der Waals surface area contributed by atoms with Crippen LogP contribution in [0.2, 0.25) is 13.7 Å². The first-order chi connectivity index (χ1) is 18.2. The summed E-state index contributed by atoms with van der Waals surface area (Å²) in [5, 5.41) is 10.6. The molecule has 3 heterocycles. The highest BCUT2D eigenvalue weighted by atomic mass is 35.5. The minimum absolute atomic E-state index is 0.00320. The van der Waals surface area contributed by atoms with Crippen LogP contribution in [-0.2, 0) is 31.3 Å². The number of rotatable bonds is 7. The second-order valence-electron chi connectivity index (χ2n) is 9.57. The fourth-order valence-electron chi connectivity index (χ4n) is 4.90. The molecule has 216 valence electrons. The molecule has 0 spiro atoms. The van der Waals surface area contributed by atoms with Crippen LogP contribution in [0.15, 0.2) is 29.2 Å². The van der Waals surface area contributed by atoms with Crippen LogP contribution in [-0.4, -0.2) is 67.5 Å². The maximum absolute atomic E-state index is 13.3. The van der Waals surface area contributed by atoms with Crippen LogP contribution < -0.4 is 0 Å². The number of carbonyl (C=O) groups is 1. The molecule has 2 aromatic rings. The Morgan fingerprint density at radius 1 is 1.13 bits per heavy atom. The first-order valence-corrected chi connectivity index (χ1v) is 15.5. The van der Waals surface area contributed by atoms with Crippen LogP contribution in [0, 0.1) is 0 Å². The third-order valence-electron chi connectivity index (χ3n) is 7.07. The van der Waals surface area contributed by atoms with E-state index in [2.05, 4.69) is 0 Å². The molecule has 0 aliphatic carbocycles. The predicted molar refractivity (Wildman–Crippen MR) is 143 cm³/mol. The molecule has 1 atom stereocenters. The zero-order chi connectivity index (χ0) is 28.6. The number of hydrogen-bond donors (Lipinski definition) is 1. The van der Waals surface area contributed by atoms with Gasteiger partial charge in [0.05, 0.1) is 27.1 Å². The summed E-state index contributed by atoms with van der Waals surface area (Å²) in [6.45, 7) is 0.226. The molecule has 39 heavy (non-hydrogen) atoms. The van der Waals surface area contributed by atoms with Crippen molar-refractivity contribution in [3.8, 4) is 0 Å². The Labute approximate surface area is 243 Å². The fourth-order valence-corrected chi connectivity index (χ4v) is 8.92. The Hall–Kier alpha value is -1.12. The molecule has 7 nitrogen and oxygen atoms in total. The van der Waals surface area contributed by atoms with Crippen molar-refractivity contribution in [1.29, 1.82) is 0 Å². The SMILES string of the molecule is O=C(COCC1CCCCN1S(=O)(=O)c1cc(Cl)sc1Cl)N1CCC(O)(c2ccc(Cl)c(C(F)(F)F)c2)CC1. The molecular formula is C24H26Cl3F3N2O5S2. The summed E-state index contributed by atoms with van der Waals surface area (Å²) in [6, 6.07) is 4.17. The van der Waals surface area contributed by atoms with E-state index in [1.807, 2.05) is 0 Å². The van der Waals surface area contributed by atoms with Crippen LogP contribution in [0.25, 0.3) is 0 Å². The number of halogens is 6. The number of aliphatic hydroxyl groups is 1. The monoisotopic (exact) mass is 648 g/mol. The Balaban J connectivity index is 1.33. The number of benzene rings is 1. The highest BCUT2D eigenvalue weighted by Crippen LogP contribution is 2.40. The van der Waals surface area contributed by atoms with Crippen molar-refractivity contribution in [3.63, 3.8) is 0 Å².